The number of nitrogens with one attached hydrogen (secondary N) is 1. The Balaban J connectivity index is 1.54. The van der Waals surface area contributed by atoms with E-state index in [2.05, 4.69) is 15.2 Å². The summed E-state index contributed by atoms with van der Waals surface area (Å²) >= 11 is 0. The van der Waals surface area contributed by atoms with E-state index in [1.807, 2.05) is 35.9 Å². The van der Waals surface area contributed by atoms with Crippen LogP contribution in [0.4, 0.5) is 0 Å². The maximum absolute atomic E-state index is 13.0. The van der Waals surface area contributed by atoms with Crippen molar-refractivity contribution in [3.05, 3.63) is 52.3 Å². The number of aromatic nitrogens is 2. The lowest BCUT2D eigenvalue weighted by Gasteiger charge is -2.28. The first-order chi connectivity index (χ1) is 15.0. The Morgan fingerprint density at radius 1 is 1.19 bits per heavy atom. The van der Waals surface area contributed by atoms with Crippen LogP contribution in [0.5, 0.6) is 0 Å². The van der Waals surface area contributed by atoms with E-state index in [4.69, 9.17) is 0 Å². The zero-order chi connectivity index (χ0) is 22.0. The molecule has 8 heteroatoms. The van der Waals surface area contributed by atoms with Crippen molar-refractivity contribution in [1.29, 1.82) is 0 Å². The lowest BCUT2D eigenvalue weighted by molar-refractivity contribution is -0.140. The second kappa shape index (κ2) is 8.91. The van der Waals surface area contributed by atoms with Crippen LogP contribution in [0, 0.1) is 12.8 Å². The molecule has 2 aliphatic rings. The van der Waals surface area contributed by atoms with Gasteiger partial charge in [-0.2, -0.15) is 5.10 Å². The highest BCUT2D eigenvalue weighted by Gasteiger charge is 2.32. The highest BCUT2D eigenvalue weighted by Crippen LogP contribution is 2.33. The van der Waals surface area contributed by atoms with Gasteiger partial charge in [0.15, 0.2) is 5.69 Å². The summed E-state index contributed by atoms with van der Waals surface area (Å²) < 4.78 is 6.57. The van der Waals surface area contributed by atoms with Gasteiger partial charge in [0.05, 0.1) is 20.1 Å². The van der Waals surface area contributed by atoms with Gasteiger partial charge in [0.1, 0.15) is 0 Å². The molecule has 1 N–H and O–H groups in total. The lowest BCUT2D eigenvalue weighted by atomic mass is 10.0. The first kappa shape index (κ1) is 21.1. The van der Waals surface area contributed by atoms with Crippen LogP contribution < -0.4 is 5.32 Å². The van der Waals surface area contributed by atoms with Gasteiger partial charge in [0, 0.05) is 42.9 Å². The highest BCUT2D eigenvalue weighted by molar-refractivity contribution is 5.96. The number of esters is 1. The predicted octanol–water partition coefficient (Wildman–Crippen LogP) is 2.09. The van der Waals surface area contributed by atoms with E-state index in [9.17, 15) is 14.4 Å². The van der Waals surface area contributed by atoms with Crippen molar-refractivity contribution in [2.24, 2.45) is 5.92 Å². The summed E-state index contributed by atoms with van der Waals surface area (Å²) in [5, 5.41) is 7.38. The molecule has 0 unspecified atom stereocenters. The normalized spacial score (nSPS) is 15.4. The molecular formula is C23H28N4O4. The van der Waals surface area contributed by atoms with Gasteiger partial charge < -0.3 is 15.0 Å². The lowest BCUT2D eigenvalue weighted by Crippen LogP contribution is -2.37. The molecule has 31 heavy (non-hydrogen) atoms. The Bertz CT molecular complexity index is 992. The van der Waals surface area contributed by atoms with Gasteiger partial charge in [0.25, 0.3) is 11.8 Å². The molecule has 2 aromatic rings. The maximum atomic E-state index is 13.0. The van der Waals surface area contributed by atoms with Crippen molar-refractivity contribution < 1.29 is 19.1 Å². The number of fused-ring (bicyclic) bond motifs is 1. The number of nitrogens with zero attached hydrogens (tertiary/aromatic N) is 3. The molecule has 0 spiro atoms. The van der Waals surface area contributed by atoms with Crippen LogP contribution in [0.1, 0.15) is 56.9 Å². The summed E-state index contributed by atoms with van der Waals surface area (Å²) in [6.45, 7) is 3.93. The second-order valence-electron chi connectivity index (χ2n) is 8.32. The van der Waals surface area contributed by atoms with E-state index in [0.717, 1.165) is 23.4 Å². The minimum atomic E-state index is -0.378. The van der Waals surface area contributed by atoms with Gasteiger partial charge in [-0.25, -0.2) is 0 Å². The van der Waals surface area contributed by atoms with Crippen LogP contribution >= 0.6 is 0 Å². The molecular weight excluding hydrogens is 396 g/mol. The average Bonchev–Trinajstić information content (AvgIpc) is 3.53. The van der Waals surface area contributed by atoms with Crippen molar-refractivity contribution in [2.45, 2.75) is 45.7 Å². The summed E-state index contributed by atoms with van der Waals surface area (Å²) in [4.78, 5) is 39.0. The molecule has 164 valence electrons. The third kappa shape index (κ3) is 4.78. The number of hydrogen-bond donors (Lipinski definition) is 1. The summed E-state index contributed by atoms with van der Waals surface area (Å²) in [5.41, 5.74) is 3.94. The Kier molecular flexibility index (Phi) is 6.06. The molecule has 4 rings (SSSR count). The smallest absolute Gasteiger partial charge is 0.307 e. The molecule has 1 aliphatic heterocycles. The van der Waals surface area contributed by atoms with Gasteiger partial charge in [-0.3, -0.25) is 19.1 Å². The number of methoxy groups -OCH3 is 1. The van der Waals surface area contributed by atoms with E-state index >= 15 is 0 Å². The molecule has 0 atom stereocenters. The fourth-order valence-corrected chi connectivity index (χ4v) is 3.89. The number of ether oxygens (including phenoxy) is 1. The Labute approximate surface area is 181 Å². The number of carbonyl (C=O) groups is 3. The van der Waals surface area contributed by atoms with Crippen molar-refractivity contribution in [3.8, 4) is 0 Å². The quantitative estimate of drug-likeness (QED) is 0.687. The molecule has 2 heterocycles. The number of amides is 2. The second-order valence-corrected chi connectivity index (χ2v) is 8.32. The molecule has 0 saturated heterocycles. The number of carbonyl (C=O) groups excluding carboxylic acids is 3. The molecule has 1 aromatic carbocycles. The van der Waals surface area contributed by atoms with Gasteiger partial charge in [-0.1, -0.05) is 17.7 Å². The van der Waals surface area contributed by atoms with Crippen LogP contribution in [0.2, 0.25) is 0 Å². The molecule has 1 aliphatic carbocycles. The van der Waals surface area contributed by atoms with Gasteiger partial charge >= 0.3 is 5.97 Å². The van der Waals surface area contributed by atoms with E-state index in [1.165, 1.54) is 20.0 Å². The molecule has 8 nitrogen and oxygen atoms in total. The zero-order valence-corrected chi connectivity index (χ0v) is 18.0. The zero-order valence-electron chi connectivity index (χ0n) is 18.0. The average molecular weight is 425 g/mol. The minimum absolute atomic E-state index is 0.0438. The highest BCUT2D eigenvalue weighted by atomic mass is 16.5. The number of hydrogen-bond acceptors (Lipinski definition) is 5. The molecule has 0 bridgehead atoms. The van der Waals surface area contributed by atoms with Gasteiger partial charge in [0.2, 0.25) is 0 Å². The van der Waals surface area contributed by atoms with E-state index < -0.39 is 0 Å². The molecule has 1 fully saturated rings. The molecule has 2 amide bonds. The summed E-state index contributed by atoms with van der Waals surface area (Å²) in [5.74, 6) is -0.125. The topological polar surface area (TPSA) is 93.5 Å². The van der Waals surface area contributed by atoms with Crippen LogP contribution in [-0.4, -0.2) is 52.7 Å². The van der Waals surface area contributed by atoms with Crippen LogP contribution in [0.25, 0.3) is 0 Å². The predicted molar refractivity (Wildman–Crippen MR) is 114 cm³/mol. The number of aryl methyl sites for hydroxylation is 1. The summed E-state index contributed by atoms with van der Waals surface area (Å²) in [7, 11) is 1.32. The minimum Gasteiger partial charge on any atom is -0.469 e. The van der Waals surface area contributed by atoms with Crippen molar-refractivity contribution >= 4 is 17.8 Å². The molecule has 0 radical (unpaired) electrons. The Morgan fingerprint density at radius 3 is 2.61 bits per heavy atom. The fourth-order valence-electron chi connectivity index (χ4n) is 3.89. The SMILES string of the molecule is COC(=O)CCNC(=O)c1nn(CC2CC2)c2c1CN(C(=O)c1ccc(C)cc1)CC2. The van der Waals surface area contributed by atoms with E-state index in [1.54, 1.807) is 4.90 Å². The van der Waals surface area contributed by atoms with Gasteiger partial charge in [-0.05, 0) is 37.8 Å². The van der Waals surface area contributed by atoms with Crippen LogP contribution in [0.3, 0.4) is 0 Å². The number of rotatable bonds is 7. The third-order valence-corrected chi connectivity index (χ3v) is 5.91. The monoisotopic (exact) mass is 424 g/mol. The summed E-state index contributed by atoms with van der Waals surface area (Å²) in [6, 6.07) is 7.53. The van der Waals surface area contributed by atoms with E-state index in [-0.39, 0.29) is 30.7 Å². The standard InChI is InChI=1S/C23H28N4O4/c1-15-3-7-17(8-4-15)23(30)26-12-10-19-18(14-26)21(25-27(19)13-16-5-6-16)22(29)24-11-9-20(28)31-2/h3-4,7-8,16H,5-6,9-14H2,1-2H3,(H,24,29). The van der Waals surface area contributed by atoms with Crippen molar-refractivity contribution in [1.82, 2.24) is 20.0 Å². The first-order valence-electron chi connectivity index (χ1n) is 10.8. The van der Waals surface area contributed by atoms with Crippen molar-refractivity contribution in [3.63, 3.8) is 0 Å². The maximum Gasteiger partial charge on any atom is 0.307 e. The van der Waals surface area contributed by atoms with Crippen LogP contribution in [0.15, 0.2) is 24.3 Å². The Hall–Kier alpha value is -3.16. The Morgan fingerprint density at radius 2 is 1.94 bits per heavy atom. The summed E-state index contributed by atoms with van der Waals surface area (Å²) in [6.07, 6.45) is 3.15. The van der Waals surface area contributed by atoms with E-state index in [0.29, 0.717) is 36.7 Å². The fraction of sp³-hybridized carbons (Fsp3) is 0.478. The largest absolute Gasteiger partial charge is 0.469 e. The third-order valence-electron chi connectivity index (χ3n) is 5.91. The number of benzene rings is 1. The van der Waals surface area contributed by atoms with Crippen molar-refractivity contribution in [2.75, 3.05) is 20.2 Å². The van der Waals surface area contributed by atoms with Gasteiger partial charge in [-0.15, -0.1) is 0 Å². The molecule has 1 aromatic heterocycles. The molecule has 1 saturated carbocycles. The first-order valence-corrected chi connectivity index (χ1v) is 10.8. The van der Waals surface area contributed by atoms with Crippen LogP contribution in [-0.2, 0) is 29.0 Å².